The molecule has 2 atom stereocenters. The molecule has 0 aromatic heterocycles. The second-order valence-electron chi connectivity index (χ2n) is 10.7. The number of carbonyl (C=O) groups is 2. The van der Waals surface area contributed by atoms with Crippen LogP contribution in [0.2, 0.25) is 0 Å². The maximum atomic E-state index is 13.9. The predicted octanol–water partition coefficient (Wildman–Crippen LogP) is 5.77. The Hall–Kier alpha value is -3.90. The first-order valence-corrected chi connectivity index (χ1v) is 13.5. The third kappa shape index (κ3) is 7.37. The molecule has 0 saturated heterocycles. The van der Waals surface area contributed by atoms with Gasteiger partial charge >= 0.3 is 12.4 Å². The van der Waals surface area contributed by atoms with Crippen molar-refractivity contribution in [1.29, 1.82) is 0 Å². The minimum Gasteiger partial charge on any atom is -0.392 e. The van der Waals surface area contributed by atoms with E-state index in [1.165, 1.54) is 6.07 Å². The molecule has 1 heterocycles. The summed E-state index contributed by atoms with van der Waals surface area (Å²) < 4.78 is 81.9. The van der Waals surface area contributed by atoms with E-state index < -0.39 is 59.4 Å². The fourth-order valence-corrected chi connectivity index (χ4v) is 5.27. The van der Waals surface area contributed by atoms with Crippen molar-refractivity contribution in [1.82, 2.24) is 15.1 Å². The van der Waals surface area contributed by atoms with Gasteiger partial charge in [0.2, 0.25) is 5.91 Å². The molecule has 2 amide bonds. The number of carbonyl (C=O) groups excluding carboxylic acids is 2. The number of amides is 2. The number of nitrogens with one attached hydrogen (secondary N) is 1. The number of hydrogen-bond acceptors (Lipinski definition) is 4. The third-order valence-electron chi connectivity index (χ3n) is 7.31. The van der Waals surface area contributed by atoms with Crippen molar-refractivity contribution in [2.75, 3.05) is 27.2 Å². The van der Waals surface area contributed by atoms with Crippen molar-refractivity contribution in [3.8, 4) is 0 Å². The Kier molecular flexibility index (Phi) is 9.50. The highest BCUT2D eigenvalue weighted by Crippen LogP contribution is 2.44. The van der Waals surface area contributed by atoms with Crippen LogP contribution in [0.15, 0.2) is 66.7 Å². The zero-order valence-electron chi connectivity index (χ0n) is 23.5. The average Bonchev–Trinajstić information content (AvgIpc) is 2.95. The van der Waals surface area contributed by atoms with Gasteiger partial charge in [0.25, 0.3) is 5.91 Å². The van der Waals surface area contributed by atoms with E-state index in [2.05, 4.69) is 5.32 Å². The van der Waals surface area contributed by atoms with Crippen LogP contribution in [0.3, 0.4) is 0 Å². The van der Waals surface area contributed by atoms with E-state index in [0.29, 0.717) is 48.3 Å². The monoisotopic (exact) mass is 607 g/mol. The highest BCUT2D eigenvalue weighted by molar-refractivity contribution is 6.01. The molecule has 0 radical (unpaired) electrons. The molecule has 0 spiro atoms. The molecule has 0 aliphatic carbocycles. The van der Waals surface area contributed by atoms with Crippen LogP contribution < -0.4 is 5.32 Å². The summed E-state index contributed by atoms with van der Waals surface area (Å²) in [6, 6.07) is 12.8. The van der Waals surface area contributed by atoms with Crippen molar-refractivity contribution in [2.24, 2.45) is 0 Å². The normalized spacial score (nSPS) is 17.3. The van der Waals surface area contributed by atoms with E-state index in [1.54, 1.807) is 42.5 Å². The van der Waals surface area contributed by atoms with Gasteiger partial charge in [-0.2, -0.15) is 26.3 Å². The Balaban J connectivity index is 1.85. The van der Waals surface area contributed by atoms with Crippen molar-refractivity contribution >= 4 is 11.8 Å². The Morgan fingerprint density at radius 1 is 0.907 bits per heavy atom. The number of alkyl halides is 6. The Morgan fingerprint density at radius 2 is 1.51 bits per heavy atom. The van der Waals surface area contributed by atoms with Gasteiger partial charge in [0.15, 0.2) is 0 Å². The largest absolute Gasteiger partial charge is 0.416 e. The maximum Gasteiger partial charge on any atom is 0.416 e. The minimum absolute atomic E-state index is 0.0336. The summed E-state index contributed by atoms with van der Waals surface area (Å²) in [5.74, 6) is -2.12. The van der Waals surface area contributed by atoms with Crippen LogP contribution in [-0.4, -0.2) is 53.9 Å². The van der Waals surface area contributed by atoms with Gasteiger partial charge in [0, 0.05) is 18.7 Å². The molecule has 1 aliphatic heterocycles. The fraction of sp³-hybridized carbons (Fsp3) is 0.355. The summed E-state index contributed by atoms with van der Waals surface area (Å²) in [6.07, 6.45) is -9.51. The summed E-state index contributed by atoms with van der Waals surface area (Å²) in [6.45, 7) is 0.0886. The van der Waals surface area contributed by atoms with Crippen LogP contribution in [-0.2, 0) is 30.3 Å². The Labute approximate surface area is 244 Å². The number of hydrogen-bond donors (Lipinski definition) is 2. The second kappa shape index (κ2) is 12.8. The zero-order valence-corrected chi connectivity index (χ0v) is 23.5. The van der Waals surface area contributed by atoms with Gasteiger partial charge in [-0.1, -0.05) is 42.5 Å². The van der Waals surface area contributed by atoms with Gasteiger partial charge in [-0.3, -0.25) is 9.59 Å². The molecule has 0 fully saturated rings. The first kappa shape index (κ1) is 32.0. The van der Waals surface area contributed by atoms with Gasteiger partial charge in [-0.25, -0.2) is 0 Å². The molecule has 4 rings (SSSR count). The van der Waals surface area contributed by atoms with Crippen molar-refractivity contribution in [3.63, 3.8) is 0 Å². The number of benzene rings is 3. The number of rotatable bonds is 9. The number of aliphatic hydroxyl groups excluding tert-OH is 1. The van der Waals surface area contributed by atoms with Crippen molar-refractivity contribution in [3.05, 3.63) is 106 Å². The molecule has 2 N–H and O–H groups in total. The minimum atomic E-state index is -5.07. The van der Waals surface area contributed by atoms with Crippen LogP contribution in [0, 0.1) is 0 Å². The van der Waals surface area contributed by atoms with Crippen LogP contribution in [0.4, 0.5) is 26.3 Å². The molecular weight excluding hydrogens is 576 g/mol. The molecule has 3 aromatic rings. The molecule has 43 heavy (non-hydrogen) atoms. The Morgan fingerprint density at radius 3 is 2.07 bits per heavy atom. The molecule has 0 bridgehead atoms. The van der Waals surface area contributed by atoms with Gasteiger partial charge in [-0.05, 0) is 73.6 Å². The van der Waals surface area contributed by atoms with Gasteiger partial charge < -0.3 is 20.2 Å². The quantitative estimate of drug-likeness (QED) is 0.240. The van der Waals surface area contributed by atoms with Crippen LogP contribution in [0.25, 0.3) is 0 Å². The van der Waals surface area contributed by atoms with E-state index in [9.17, 15) is 41.0 Å². The SMILES string of the molecule is CN(C)CCCNC(=O)[C@@H]1c2ccccc2C(=O)N(Cc2cc(C(F)(F)F)cc(C(F)(F)F)c2)[C@H]1c1ccc(CO)cc1. The van der Waals surface area contributed by atoms with E-state index in [-0.39, 0.29) is 18.2 Å². The number of aliphatic hydroxyl groups is 1. The van der Waals surface area contributed by atoms with Gasteiger partial charge in [0.1, 0.15) is 0 Å². The molecule has 1 aliphatic rings. The zero-order chi connectivity index (χ0) is 31.5. The van der Waals surface area contributed by atoms with E-state index in [1.807, 2.05) is 19.0 Å². The second-order valence-corrected chi connectivity index (χ2v) is 10.7. The van der Waals surface area contributed by atoms with Crippen LogP contribution in [0.1, 0.15) is 62.1 Å². The van der Waals surface area contributed by atoms with Crippen molar-refractivity contribution in [2.45, 2.75) is 43.9 Å². The standard InChI is InChI=1S/C31H31F6N3O3/c1-39(2)13-5-12-38-28(42)26-24-6-3-4-7-25(24)29(43)40(27(26)21-10-8-19(18-41)9-11-21)17-20-14-22(30(32,33)34)16-23(15-20)31(35,36)37/h3-4,6-11,14-16,26-27,41H,5,12-13,17-18H2,1-2H3,(H,38,42)/t26-,27+/m1/s1. The van der Waals surface area contributed by atoms with Gasteiger partial charge in [-0.15, -0.1) is 0 Å². The summed E-state index contributed by atoms with van der Waals surface area (Å²) in [7, 11) is 3.76. The molecular formula is C31H31F6N3O3. The highest BCUT2D eigenvalue weighted by Gasteiger charge is 2.45. The van der Waals surface area contributed by atoms with E-state index in [4.69, 9.17) is 0 Å². The van der Waals surface area contributed by atoms with Gasteiger partial charge in [0.05, 0.1) is 29.7 Å². The summed E-state index contributed by atoms with van der Waals surface area (Å²) in [5, 5.41) is 12.4. The average molecular weight is 608 g/mol. The summed E-state index contributed by atoms with van der Waals surface area (Å²) >= 11 is 0. The fourth-order valence-electron chi connectivity index (χ4n) is 5.27. The molecule has 12 heteroatoms. The number of fused-ring (bicyclic) bond motifs is 1. The molecule has 0 saturated carbocycles. The molecule has 230 valence electrons. The summed E-state index contributed by atoms with van der Waals surface area (Å²) in [5.41, 5.74) is -1.90. The lowest BCUT2D eigenvalue weighted by Gasteiger charge is -2.42. The molecule has 3 aromatic carbocycles. The Bertz CT molecular complexity index is 1420. The number of halogens is 6. The maximum absolute atomic E-state index is 13.9. The summed E-state index contributed by atoms with van der Waals surface area (Å²) in [4.78, 5) is 30.8. The third-order valence-corrected chi connectivity index (χ3v) is 7.31. The van der Waals surface area contributed by atoms with Crippen molar-refractivity contribution < 1.29 is 41.0 Å². The van der Waals surface area contributed by atoms with Crippen LogP contribution in [0.5, 0.6) is 0 Å². The van der Waals surface area contributed by atoms with E-state index in [0.717, 1.165) is 4.90 Å². The van der Waals surface area contributed by atoms with E-state index >= 15 is 0 Å². The first-order valence-electron chi connectivity index (χ1n) is 13.5. The lowest BCUT2D eigenvalue weighted by molar-refractivity contribution is -0.143. The first-order chi connectivity index (χ1) is 20.2. The molecule has 0 unspecified atom stereocenters. The topological polar surface area (TPSA) is 72.9 Å². The number of nitrogens with zero attached hydrogens (tertiary/aromatic N) is 2. The lowest BCUT2D eigenvalue weighted by atomic mass is 9.78. The van der Waals surface area contributed by atoms with Crippen LogP contribution >= 0.6 is 0 Å². The predicted molar refractivity (Wildman–Crippen MR) is 147 cm³/mol. The molecule has 6 nitrogen and oxygen atoms in total. The smallest absolute Gasteiger partial charge is 0.392 e. The lowest BCUT2D eigenvalue weighted by Crippen LogP contribution is -2.47. The highest BCUT2D eigenvalue weighted by atomic mass is 19.4.